The zero-order valence-corrected chi connectivity index (χ0v) is 8.65. The lowest BCUT2D eigenvalue weighted by atomic mass is 10.2. The first-order valence-electron chi connectivity index (χ1n) is 4.10. The first-order valence-corrected chi connectivity index (χ1v) is 5.58. The zero-order valence-electron chi connectivity index (χ0n) is 7.84. The molecule has 9 heteroatoms. The molecule has 0 unspecified atom stereocenters. The molecule has 1 saturated heterocycles. The average Bonchev–Trinajstić information content (AvgIpc) is 2.48. The van der Waals surface area contributed by atoms with Gasteiger partial charge in [-0.1, -0.05) is 0 Å². The molecule has 2 N–H and O–H groups in total. The summed E-state index contributed by atoms with van der Waals surface area (Å²) in [5, 5.41) is 2.73. The van der Waals surface area contributed by atoms with Crippen molar-refractivity contribution in [3.05, 3.63) is 0 Å². The Kier molecular flexibility index (Phi) is 3.59. The minimum Gasteiger partial charge on any atom is -0.378 e. The van der Waals surface area contributed by atoms with Gasteiger partial charge in [0.1, 0.15) is 0 Å². The Labute approximate surface area is 85.0 Å². The zero-order chi connectivity index (χ0) is 11.7. The van der Waals surface area contributed by atoms with Crippen LogP contribution in [0, 0.1) is 0 Å². The van der Waals surface area contributed by atoms with Gasteiger partial charge in [-0.3, -0.25) is 0 Å². The molecule has 2 atom stereocenters. The fourth-order valence-electron chi connectivity index (χ4n) is 1.29. The van der Waals surface area contributed by atoms with Crippen molar-refractivity contribution in [2.45, 2.75) is 17.7 Å². The first kappa shape index (κ1) is 12.7. The van der Waals surface area contributed by atoms with Crippen LogP contribution in [-0.2, 0) is 14.8 Å². The number of halogens is 3. The van der Waals surface area contributed by atoms with E-state index in [-0.39, 0.29) is 6.54 Å². The maximum Gasteiger partial charge on any atom is 0.511 e. The predicted octanol–water partition coefficient (Wildman–Crippen LogP) is -0.588. The molecule has 1 heterocycles. The molecule has 1 fully saturated rings. The number of sulfonamides is 1. The SMILES string of the molecule is CO[C@@H]1CNC[C@H]1NS(=O)(=O)C(F)(F)F. The molecule has 90 valence electrons. The predicted molar refractivity (Wildman–Crippen MR) is 45.6 cm³/mol. The van der Waals surface area contributed by atoms with Crippen LogP contribution in [0.15, 0.2) is 0 Å². The molecule has 1 rings (SSSR count). The minimum atomic E-state index is -5.29. The molecule has 1 aliphatic heterocycles. The van der Waals surface area contributed by atoms with Crippen LogP contribution in [0.1, 0.15) is 0 Å². The highest BCUT2D eigenvalue weighted by Crippen LogP contribution is 2.22. The molecule has 0 radical (unpaired) electrons. The van der Waals surface area contributed by atoms with Crippen LogP contribution < -0.4 is 10.0 Å². The molecule has 15 heavy (non-hydrogen) atoms. The smallest absolute Gasteiger partial charge is 0.378 e. The number of hydrogen-bond donors (Lipinski definition) is 2. The van der Waals surface area contributed by atoms with Crippen LogP contribution in [0.4, 0.5) is 13.2 Å². The van der Waals surface area contributed by atoms with E-state index in [0.717, 1.165) is 0 Å². The third kappa shape index (κ3) is 2.80. The molecular formula is C6H11F3N2O3S. The number of hydrogen-bond acceptors (Lipinski definition) is 4. The van der Waals surface area contributed by atoms with Gasteiger partial charge < -0.3 is 10.1 Å². The van der Waals surface area contributed by atoms with Crippen LogP contribution in [-0.4, -0.2) is 46.3 Å². The minimum absolute atomic E-state index is 0.119. The van der Waals surface area contributed by atoms with Crippen molar-refractivity contribution in [2.75, 3.05) is 20.2 Å². The quantitative estimate of drug-likeness (QED) is 0.700. The summed E-state index contributed by atoms with van der Waals surface area (Å²) < 4.78 is 63.9. The molecule has 0 saturated carbocycles. The molecule has 0 aromatic rings. The fourth-order valence-corrected chi connectivity index (χ4v) is 2.05. The average molecular weight is 248 g/mol. The summed E-state index contributed by atoms with van der Waals surface area (Å²) in [5.41, 5.74) is -5.28. The number of methoxy groups -OCH3 is 1. The second kappa shape index (κ2) is 4.24. The van der Waals surface area contributed by atoms with E-state index in [0.29, 0.717) is 6.54 Å². The summed E-state index contributed by atoms with van der Waals surface area (Å²) in [7, 11) is -3.98. The van der Waals surface area contributed by atoms with Gasteiger partial charge in [0.05, 0.1) is 12.1 Å². The molecular weight excluding hydrogens is 237 g/mol. The van der Waals surface area contributed by atoms with Gasteiger partial charge in [0.2, 0.25) is 0 Å². The highest BCUT2D eigenvalue weighted by Gasteiger charge is 2.48. The standard InChI is InChI=1S/C6H11F3N2O3S/c1-14-5-3-10-2-4(5)11-15(12,13)6(7,8)9/h4-5,10-11H,2-3H2,1H3/t4-,5-/m1/s1. The van der Waals surface area contributed by atoms with E-state index < -0.39 is 27.7 Å². The second-order valence-corrected chi connectivity index (χ2v) is 4.81. The van der Waals surface area contributed by atoms with Crippen molar-refractivity contribution in [3.63, 3.8) is 0 Å². The maximum absolute atomic E-state index is 12.0. The third-order valence-electron chi connectivity index (χ3n) is 2.07. The fraction of sp³-hybridized carbons (Fsp3) is 1.00. The van der Waals surface area contributed by atoms with E-state index >= 15 is 0 Å². The normalized spacial score (nSPS) is 28.3. The number of alkyl halides is 3. The van der Waals surface area contributed by atoms with Crippen molar-refractivity contribution in [1.82, 2.24) is 10.0 Å². The molecule has 0 amide bonds. The maximum atomic E-state index is 12.0. The second-order valence-electron chi connectivity index (χ2n) is 3.11. The molecule has 1 aliphatic rings. The van der Waals surface area contributed by atoms with Gasteiger partial charge in [-0.05, 0) is 0 Å². The molecule has 5 nitrogen and oxygen atoms in total. The number of ether oxygens (including phenoxy) is 1. The Bertz CT molecular complexity index is 316. The van der Waals surface area contributed by atoms with Crippen molar-refractivity contribution in [3.8, 4) is 0 Å². The summed E-state index contributed by atoms with van der Waals surface area (Å²) in [6.07, 6.45) is -0.581. The summed E-state index contributed by atoms with van der Waals surface area (Å²) in [6.45, 7) is 0.440. The monoisotopic (exact) mass is 248 g/mol. The van der Waals surface area contributed by atoms with Gasteiger partial charge >= 0.3 is 15.5 Å². The molecule has 0 aromatic carbocycles. The van der Waals surface area contributed by atoms with Gasteiger partial charge in [0.15, 0.2) is 0 Å². The topological polar surface area (TPSA) is 67.4 Å². The Morgan fingerprint density at radius 3 is 2.47 bits per heavy atom. The lowest BCUT2D eigenvalue weighted by Crippen LogP contribution is -2.48. The molecule has 0 bridgehead atoms. The number of rotatable bonds is 3. The van der Waals surface area contributed by atoms with Crippen LogP contribution in [0.5, 0.6) is 0 Å². The summed E-state index contributed by atoms with van der Waals surface area (Å²) in [5.74, 6) is 0. The number of nitrogens with one attached hydrogen (secondary N) is 2. The molecule has 0 aromatic heterocycles. The van der Waals surface area contributed by atoms with Crippen LogP contribution >= 0.6 is 0 Å². The van der Waals surface area contributed by atoms with E-state index in [1.807, 2.05) is 0 Å². The van der Waals surface area contributed by atoms with Gasteiger partial charge in [-0.25, -0.2) is 13.1 Å². The van der Waals surface area contributed by atoms with Crippen molar-refractivity contribution in [1.29, 1.82) is 0 Å². The Balaban J connectivity index is 2.70. The first-order chi connectivity index (χ1) is 6.78. The summed E-state index contributed by atoms with van der Waals surface area (Å²) >= 11 is 0. The van der Waals surface area contributed by atoms with Crippen molar-refractivity contribution >= 4 is 10.0 Å². The molecule has 0 aliphatic carbocycles. The summed E-state index contributed by atoms with van der Waals surface area (Å²) in [4.78, 5) is 0. The Morgan fingerprint density at radius 1 is 1.40 bits per heavy atom. The van der Waals surface area contributed by atoms with Crippen LogP contribution in [0.2, 0.25) is 0 Å². The van der Waals surface area contributed by atoms with E-state index in [1.54, 1.807) is 4.72 Å². The van der Waals surface area contributed by atoms with Crippen molar-refractivity contribution < 1.29 is 26.3 Å². The summed E-state index contributed by atoms with van der Waals surface area (Å²) in [6, 6.07) is -0.887. The Morgan fingerprint density at radius 2 is 2.00 bits per heavy atom. The highest BCUT2D eigenvalue weighted by atomic mass is 32.2. The van der Waals surface area contributed by atoms with E-state index in [9.17, 15) is 21.6 Å². The van der Waals surface area contributed by atoms with Crippen LogP contribution in [0.25, 0.3) is 0 Å². The lowest BCUT2D eigenvalue weighted by molar-refractivity contribution is -0.0455. The van der Waals surface area contributed by atoms with Crippen LogP contribution in [0.3, 0.4) is 0 Å². The largest absolute Gasteiger partial charge is 0.511 e. The van der Waals surface area contributed by atoms with Gasteiger partial charge in [-0.2, -0.15) is 13.2 Å². The van der Waals surface area contributed by atoms with E-state index in [4.69, 9.17) is 4.74 Å². The van der Waals surface area contributed by atoms with Gasteiger partial charge in [-0.15, -0.1) is 0 Å². The van der Waals surface area contributed by atoms with E-state index in [1.165, 1.54) is 7.11 Å². The van der Waals surface area contributed by atoms with Crippen molar-refractivity contribution in [2.24, 2.45) is 0 Å². The van der Waals surface area contributed by atoms with E-state index in [2.05, 4.69) is 5.32 Å². The lowest BCUT2D eigenvalue weighted by Gasteiger charge is -2.19. The van der Waals surface area contributed by atoms with Gasteiger partial charge in [0, 0.05) is 20.2 Å². The third-order valence-corrected chi connectivity index (χ3v) is 3.30. The highest BCUT2D eigenvalue weighted by molar-refractivity contribution is 7.90. The Hall–Kier alpha value is -0.380. The van der Waals surface area contributed by atoms with Gasteiger partial charge in [0.25, 0.3) is 0 Å². The molecule has 0 spiro atoms.